The molecule has 0 unspecified atom stereocenters. The molecule has 20 heavy (non-hydrogen) atoms. The van der Waals surface area contributed by atoms with Crippen molar-refractivity contribution < 1.29 is 10.2 Å². The third-order valence-corrected chi connectivity index (χ3v) is 4.10. The molecule has 0 amide bonds. The second-order valence-corrected chi connectivity index (χ2v) is 5.24. The molecule has 0 radical (unpaired) electrons. The lowest BCUT2D eigenvalue weighted by molar-refractivity contribution is 0.0471. The number of aliphatic hydroxyl groups is 2. The average molecular weight is 262 g/mol. The molecule has 0 fully saturated rings. The Bertz CT molecular complexity index is 849. The Balaban J connectivity index is 2.12. The van der Waals surface area contributed by atoms with E-state index < -0.39 is 12.2 Å². The zero-order valence-corrected chi connectivity index (χ0v) is 10.8. The normalized spacial score (nSPS) is 21.3. The first-order chi connectivity index (χ1) is 9.75. The van der Waals surface area contributed by atoms with E-state index in [9.17, 15) is 10.2 Å². The minimum Gasteiger partial charge on any atom is -0.386 e. The molecular formula is C18H14O2. The molecule has 4 rings (SSSR count). The molecule has 0 spiro atoms. The first-order valence-electron chi connectivity index (χ1n) is 6.74. The Morgan fingerprint density at radius 3 is 2.45 bits per heavy atom. The van der Waals surface area contributed by atoms with E-state index in [0.717, 1.165) is 16.5 Å². The summed E-state index contributed by atoms with van der Waals surface area (Å²) in [6, 6.07) is 16.4. The van der Waals surface area contributed by atoms with Crippen LogP contribution in [0, 0.1) is 0 Å². The maximum Gasteiger partial charge on any atom is 0.109 e. The highest BCUT2D eigenvalue weighted by atomic mass is 16.3. The fourth-order valence-corrected chi connectivity index (χ4v) is 3.06. The first-order valence-corrected chi connectivity index (χ1v) is 6.74. The van der Waals surface area contributed by atoms with Crippen LogP contribution < -0.4 is 0 Å². The van der Waals surface area contributed by atoms with Crippen LogP contribution >= 0.6 is 0 Å². The van der Waals surface area contributed by atoms with Crippen LogP contribution in [0.5, 0.6) is 0 Å². The highest BCUT2D eigenvalue weighted by Gasteiger charge is 2.23. The van der Waals surface area contributed by atoms with Gasteiger partial charge in [0.2, 0.25) is 0 Å². The monoisotopic (exact) mass is 262 g/mol. The van der Waals surface area contributed by atoms with Gasteiger partial charge in [0.1, 0.15) is 12.2 Å². The quantitative estimate of drug-likeness (QED) is 0.609. The maximum atomic E-state index is 10.1. The number of rotatable bonds is 0. The van der Waals surface area contributed by atoms with Crippen molar-refractivity contribution in [3.63, 3.8) is 0 Å². The molecule has 0 bridgehead atoms. The number of hydrogen-bond acceptors (Lipinski definition) is 2. The van der Waals surface area contributed by atoms with Crippen LogP contribution in [0.15, 0.2) is 54.6 Å². The zero-order chi connectivity index (χ0) is 13.7. The molecule has 0 heterocycles. The molecule has 0 saturated heterocycles. The smallest absolute Gasteiger partial charge is 0.109 e. The van der Waals surface area contributed by atoms with E-state index in [1.807, 2.05) is 30.3 Å². The van der Waals surface area contributed by atoms with Crippen molar-refractivity contribution in [3.8, 4) is 0 Å². The Labute approximate surface area is 116 Å². The Morgan fingerprint density at radius 2 is 1.55 bits per heavy atom. The molecule has 0 aliphatic heterocycles. The molecular weight excluding hydrogens is 248 g/mol. The van der Waals surface area contributed by atoms with Gasteiger partial charge in [0.15, 0.2) is 0 Å². The molecule has 2 N–H and O–H groups in total. The largest absolute Gasteiger partial charge is 0.386 e. The van der Waals surface area contributed by atoms with Crippen LogP contribution in [0.4, 0.5) is 0 Å². The van der Waals surface area contributed by atoms with Gasteiger partial charge < -0.3 is 10.2 Å². The van der Waals surface area contributed by atoms with Gasteiger partial charge in [-0.05, 0) is 32.7 Å². The van der Waals surface area contributed by atoms with Crippen molar-refractivity contribution in [2.75, 3.05) is 0 Å². The minimum absolute atomic E-state index is 0.794. The molecule has 2 heteroatoms. The van der Waals surface area contributed by atoms with Gasteiger partial charge in [-0.15, -0.1) is 0 Å². The summed E-state index contributed by atoms with van der Waals surface area (Å²) in [6.07, 6.45) is 1.90. The van der Waals surface area contributed by atoms with E-state index in [1.165, 1.54) is 16.2 Å². The summed E-state index contributed by atoms with van der Waals surface area (Å²) in [7, 11) is 0. The standard InChI is InChI=1S/C18H14O2/c19-17-10-9-15-14-6-5-11-3-1-2-4-12(11)13(14)7-8-16(15)18(17)20/h1-10,17-20H/t17-,18-/m0/s1. The highest BCUT2D eigenvalue weighted by Crippen LogP contribution is 2.36. The molecule has 1 aliphatic rings. The molecule has 3 aromatic carbocycles. The van der Waals surface area contributed by atoms with E-state index in [0.29, 0.717) is 0 Å². The lowest BCUT2D eigenvalue weighted by Gasteiger charge is -2.23. The molecule has 1 aliphatic carbocycles. The summed E-state index contributed by atoms with van der Waals surface area (Å²) in [5, 5.41) is 24.5. The summed E-state index contributed by atoms with van der Waals surface area (Å²) in [5.41, 5.74) is 1.80. The summed E-state index contributed by atoms with van der Waals surface area (Å²) in [4.78, 5) is 0. The average Bonchev–Trinajstić information content (AvgIpc) is 2.50. The van der Waals surface area contributed by atoms with E-state index in [4.69, 9.17) is 0 Å². The van der Waals surface area contributed by atoms with E-state index in [2.05, 4.69) is 24.3 Å². The van der Waals surface area contributed by atoms with Crippen LogP contribution in [0.1, 0.15) is 17.2 Å². The van der Waals surface area contributed by atoms with Crippen LogP contribution in [-0.4, -0.2) is 16.3 Å². The lowest BCUT2D eigenvalue weighted by atomic mass is 9.88. The van der Waals surface area contributed by atoms with Crippen molar-refractivity contribution in [1.82, 2.24) is 0 Å². The zero-order valence-electron chi connectivity index (χ0n) is 10.8. The topological polar surface area (TPSA) is 40.5 Å². The van der Waals surface area contributed by atoms with Gasteiger partial charge in [0.25, 0.3) is 0 Å². The van der Waals surface area contributed by atoms with Crippen LogP contribution in [0.25, 0.3) is 27.6 Å². The summed E-state index contributed by atoms with van der Waals surface area (Å²) in [5.74, 6) is 0. The van der Waals surface area contributed by atoms with Crippen LogP contribution in [0.3, 0.4) is 0 Å². The summed E-state index contributed by atoms with van der Waals surface area (Å²) in [6.45, 7) is 0. The Kier molecular flexibility index (Phi) is 2.43. The number of aliphatic hydroxyl groups excluding tert-OH is 2. The lowest BCUT2D eigenvalue weighted by Crippen LogP contribution is -2.19. The summed E-state index contributed by atoms with van der Waals surface area (Å²) >= 11 is 0. The first kappa shape index (κ1) is 11.6. The molecule has 0 aromatic heterocycles. The van der Waals surface area contributed by atoms with Crippen molar-refractivity contribution >= 4 is 27.6 Å². The Hall–Kier alpha value is -2.16. The Morgan fingerprint density at radius 1 is 0.750 bits per heavy atom. The molecule has 2 atom stereocenters. The van der Waals surface area contributed by atoms with Crippen molar-refractivity contribution in [2.24, 2.45) is 0 Å². The second kappa shape index (κ2) is 4.17. The fraction of sp³-hybridized carbons (Fsp3) is 0.111. The number of fused-ring (bicyclic) bond motifs is 5. The molecule has 0 saturated carbocycles. The fourth-order valence-electron chi connectivity index (χ4n) is 3.06. The number of benzene rings is 3. The SMILES string of the molecule is O[C@H]1C=Cc2c(ccc3c2ccc2ccccc23)[C@@H]1O. The van der Waals surface area contributed by atoms with E-state index >= 15 is 0 Å². The van der Waals surface area contributed by atoms with Gasteiger partial charge in [0.05, 0.1) is 0 Å². The maximum absolute atomic E-state index is 10.1. The van der Waals surface area contributed by atoms with Gasteiger partial charge in [-0.2, -0.15) is 0 Å². The second-order valence-electron chi connectivity index (χ2n) is 5.24. The van der Waals surface area contributed by atoms with Gasteiger partial charge in [0, 0.05) is 0 Å². The van der Waals surface area contributed by atoms with Gasteiger partial charge in [-0.3, -0.25) is 0 Å². The molecule has 98 valence electrons. The van der Waals surface area contributed by atoms with E-state index in [-0.39, 0.29) is 0 Å². The predicted molar refractivity (Wildman–Crippen MR) is 81.5 cm³/mol. The highest BCUT2D eigenvalue weighted by molar-refractivity contribution is 6.10. The van der Waals surface area contributed by atoms with Crippen molar-refractivity contribution in [3.05, 3.63) is 65.7 Å². The summed E-state index contributed by atoms with van der Waals surface area (Å²) < 4.78 is 0. The third-order valence-electron chi connectivity index (χ3n) is 4.10. The van der Waals surface area contributed by atoms with Gasteiger partial charge >= 0.3 is 0 Å². The third kappa shape index (κ3) is 1.52. The van der Waals surface area contributed by atoms with Crippen LogP contribution in [-0.2, 0) is 0 Å². The van der Waals surface area contributed by atoms with Crippen molar-refractivity contribution in [2.45, 2.75) is 12.2 Å². The molecule has 2 nitrogen and oxygen atoms in total. The van der Waals surface area contributed by atoms with Gasteiger partial charge in [-0.25, -0.2) is 0 Å². The van der Waals surface area contributed by atoms with Crippen molar-refractivity contribution in [1.29, 1.82) is 0 Å². The predicted octanol–water partition coefficient (Wildman–Crippen LogP) is 3.41. The van der Waals surface area contributed by atoms with E-state index in [1.54, 1.807) is 6.08 Å². The van der Waals surface area contributed by atoms with Crippen LogP contribution in [0.2, 0.25) is 0 Å². The molecule has 3 aromatic rings. The minimum atomic E-state index is -0.842. The number of hydrogen-bond donors (Lipinski definition) is 2. The van der Waals surface area contributed by atoms with Gasteiger partial charge in [-0.1, -0.05) is 60.7 Å².